The Morgan fingerprint density at radius 1 is 1.08 bits per heavy atom. The van der Waals surface area contributed by atoms with Gasteiger partial charge in [0, 0.05) is 45.0 Å². The molecule has 0 aliphatic carbocycles. The highest BCUT2D eigenvalue weighted by atomic mass is 35.5. The third kappa shape index (κ3) is 2.41. The summed E-state index contributed by atoms with van der Waals surface area (Å²) in [5.41, 5.74) is 4.51. The summed E-state index contributed by atoms with van der Waals surface area (Å²) in [7, 11) is 0. The van der Waals surface area contributed by atoms with Gasteiger partial charge in [0.15, 0.2) is 0 Å². The van der Waals surface area contributed by atoms with Crippen LogP contribution in [0, 0.1) is 6.92 Å². The lowest BCUT2D eigenvalue weighted by molar-refractivity contribution is 0.587. The molecular weight excluding hydrogens is 334 g/mol. The van der Waals surface area contributed by atoms with Crippen LogP contribution < -0.4 is 5.32 Å². The zero-order valence-electron chi connectivity index (χ0n) is 13.8. The molecule has 25 heavy (non-hydrogen) atoms. The number of fused-ring (bicyclic) bond motifs is 2. The Morgan fingerprint density at radius 3 is 2.80 bits per heavy atom. The number of aromatic nitrogens is 1. The van der Waals surface area contributed by atoms with Crippen molar-refractivity contribution >= 4 is 39.9 Å². The van der Waals surface area contributed by atoms with E-state index in [-0.39, 0.29) is 12.4 Å². The normalized spacial score (nSPS) is 13.7. The smallest absolute Gasteiger partial charge is 0.141 e. The highest BCUT2D eigenvalue weighted by Crippen LogP contribution is 2.33. The first kappa shape index (κ1) is 15.8. The molecule has 0 fully saturated rings. The molecule has 4 nitrogen and oxygen atoms in total. The third-order valence-electron chi connectivity index (χ3n) is 4.67. The van der Waals surface area contributed by atoms with Gasteiger partial charge in [-0.1, -0.05) is 24.3 Å². The molecule has 4 aromatic rings. The number of nitrogens with zero attached hydrogens (tertiary/aromatic N) is 1. The number of hydrogen-bond donors (Lipinski definition) is 2. The number of amidine groups is 1. The number of aryl methyl sites for hydroxylation is 1. The van der Waals surface area contributed by atoms with Crippen LogP contribution in [0.3, 0.4) is 0 Å². The van der Waals surface area contributed by atoms with Gasteiger partial charge in [-0.25, -0.2) is 0 Å². The Hall–Kier alpha value is -2.72. The van der Waals surface area contributed by atoms with E-state index >= 15 is 0 Å². The molecule has 0 unspecified atom stereocenters. The van der Waals surface area contributed by atoms with Crippen LogP contribution in [0.15, 0.2) is 58.1 Å². The molecule has 0 bridgehead atoms. The number of rotatable bonds is 2. The minimum absolute atomic E-state index is 0. The monoisotopic (exact) mass is 351 g/mol. The number of aromatic amines is 1. The Bertz CT molecular complexity index is 1110. The average molecular weight is 352 g/mol. The Balaban J connectivity index is 0.00000157. The predicted molar refractivity (Wildman–Crippen MR) is 105 cm³/mol. The standard InChI is InChI=1S/C20H17N3O.ClH/c1-12-18(20-21-8-9-22-20)16-10-13(6-7-17(16)23-12)19-15-5-3-2-4-14(15)11-24-19;/h2-7,10-11,23H,8-9H2,1H3,(H,21,22);1H. The molecule has 1 aliphatic rings. The van der Waals surface area contributed by atoms with Crippen LogP contribution in [-0.2, 0) is 0 Å². The lowest BCUT2D eigenvalue weighted by Gasteiger charge is -2.04. The van der Waals surface area contributed by atoms with E-state index in [0.717, 1.165) is 52.2 Å². The summed E-state index contributed by atoms with van der Waals surface area (Å²) in [6, 6.07) is 14.7. The Morgan fingerprint density at radius 2 is 1.96 bits per heavy atom. The summed E-state index contributed by atoms with van der Waals surface area (Å²) < 4.78 is 5.87. The molecule has 0 radical (unpaired) electrons. The first-order chi connectivity index (χ1) is 11.8. The number of aliphatic imine (C=N–C) groups is 1. The Kier molecular flexibility index (Phi) is 3.77. The summed E-state index contributed by atoms with van der Waals surface area (Å²) >= 11 is 0. The maximum absolute atomic E-state index is 5.87. The third-order valence-corrected chi connectivity index (χ3v) is 4.67. The molecule has 2 N–H and O–H groups in total. The number of furan rings is 1. The van der Waals surface area contributed by atoms with Crippen LogP contribution >= 0.6 is 12.4 Å². The van der Waals surface area contributed by atoms with Gasteiger partial charge in [0.25, 0.3) is 0 Å². The first-order valence-electron chi connectivity index (χ1n) is 8.19. The highest BCUT2D eigenvalue weighted by molar-refractivity contribution is 6.12. The van der Waals surface area contributed by atoms with Crippen molar-refractivity contribution in [1.82, 2.24) is 10.3 Å². The number of halogens is 1. The number of benzene rings is 2. The van der Waals surface area contributed by atoms with Gasteiger partial charge in [-0.3, -0.25) is 4.99 Å². The van der Waals surface area contributed by atoms with Crippen LogP contribution in [0.5, 0.6) is 0 Å². The van der Waals surface area contributed by atoms with E-state index in [9.17, 15) is 0 Å². The van der Waals surface area contributed by atoms with Gasteiger partial charge >= 0.3 is 0 Å². The molecule has 0 atom stereocenters. The van der Waals surface area contributed by atoms with Gasteiger partial charge in [-0.2, -0.15) is 0 Å². The zero-order chi connectivity index (χ0) is 16.1. The predicted octanol–water partition coefficient (Wildman–Crippen LogP) is 4.66. The fraction of sp³-hybridized carbons (Fsp3) is 0.150. The second-order valence-corrected chi connectivity index (χ2v) is 6.19. The van der Waals surface area contributed by atoms with Crippen LogP contribution in [0.25, 0.3) is 33.0 Å². The largest absolute Gasteiger partial charge is 0.463 e. The van der Waals surface area contributed by atoms with Gasteiger partial charge in [0.05, 0.1) is 12.8 Å². The van der Waals surface area contributed by atoms with Crippen molar-refractivity contribution in [3.05, 3.63) is 60.0 Å². The van der Waals surface area contributed by atoms with E-state index in [1.54, 1.807) is 0 Å². The summed E-state index contributed by atoms with van der Waals surface area (Å²) in [6.45, 7) is 3.84. The summed E-state index contributed by atoms with van der Waals surface area (Å²) in [5, 5.41) is 6.83. The molecular formula is C20H18ClN3O. The minimum atomic E-state index is 0. The van der Waals surface area contributed by atoms with E-state index in [0.29, 0.717) is 0 Å². The van der Waals surface area contributed by atoms with Crippen molar-refractivity contribution in [3.63, 3.8) is 0 Å². The van der Waals surface area contributed by atoms with Crippen molar-refractivity contribution < 1.29 is 4.42 Å². The molecule has 0 spiro atoms. The van der Waals surface area contributed by atoms with Crippen LogP contribution in [0.2, 0.25) is 0 Å². The molecule has 5 heteroatoms. The number of nitrogens with one attached hydrogen (secondary N) is 2. The molecule has 0 saturated carbocycles. The summed E-state index contributed by atoms with van der Waals surface area (Å²) in [6.07, 6.45) is 1.82. The lowest BCUT2D eigenvalue weighted by atomic mass is 10.0. The van der Waals surface area contributed by atoms with Gasteiger partial charge in [0.1, 0.15) is 11.6 Å². The quantitative estimate of drug-likeness (QED) is 0.551. The molecule has 126 valence electrons. The van der Waals surface area contributed by atoms with Gasteiger partial charge in [0.2, 0.25) is 0 Å². The number of hydrogen-bond acceptors (Lipinski definition) is 3. The molecule has 5 rings (SSSR count). The Labute approximate surface area is 151 Å². The highest BCUT2D eigenvalue weighted by Gasteiger charge is 2.18. The summed E-state index contributed by atoms with van der Waals surface area (Å²) in [4.78, 5) is 8.06. The van der Waals surface area contributed by atoms with Gasteiger partial charge < -0.3 is 14.7 Å². The van der Waals surface area contributed by atoms with E-state index < -0.39 is 0 Å². The maximum Gasteiger partial charge on any atom is 0.141 e. The van der Waals surface area contributed by atoms with Crippen LogP contribution in [-0.4, -0.2) is 23.9 Å². The molecule has 0 amide bonds. The van der Waals surface area contributed by atoms with Crippen LogP contribution in [0.4, 0.5) is 0 Å². The zero-order valence-corrected chi connectivity index (χ0v) is 14.6. The molecule has 2 aromatic carbocycles. The van der Waals surface area contributed by atoms with Crippen molar-refractivity contribution in [3.8, 4) is 11.3 Å². The van der Waals surface area contributed by atoms with Gasteiger partial charge in [-0.05, 0) is 25.1 Å². The molecule has 2 aromatic heterocycles. The fourth-order valence-electron chi connectivity index (χ4n) is 3.55. The van der Waals surface area contributed by atoms with Gasteiger partial charge in [-0.15, -0.1) is 12.4 Å². The molecule has 0 saturated heterocycles. The SMILES string of the molecule is Cc1[nH]c2ccc(-c3occ4ccccc34)cc2c1C1=NCCN1.Cl. The summed E-state index contributed by atoms with van der Waals surface area (Å²) in [5.74, 6) is 1.90. The average Bonchev–Trinajstić information content (AvgIpc) is 3.31. The first-order valence-corrected chi connectivity index (χ1v) is 8.19. The van der Waals surface area contributed by atoms with Crippen molar-refractivity contribution in [2.45, 2.75) is 6.92 Å². The molecule has 1 aliphatic heterocycles. The molecule has 3 heterocycles. The topological polar surface area (TPSA) is 53.3 Å². The number of H-pyrrole nitrogens is 1. The van der Waals surface area contributed by atoms with E-state index in [1.807, 2.05) is 18.4 Å². The lowest BCUT2D eigenvalue weighted by Crippen LogP contribution is -2.19. The van der Waals surface area contributed by atoms with Crippen molar-refractivity contribution in [2.75, 3.05) is 13.1 Å². The van der Waals surface area contributed by atoms with E-state index in [1.165, 1.54) is 10.9 Å². The second-order valence-electron chi connectivity index (χ2n) is 6.19. The van der Waals surface area contributed by atoms with Crippen molar-refractivity contribution in [1.29, 1.82) is 0 Å². The fourth-order valence-corrected chi connectivity index (χ4v) is 3.55. The minimum Gasteiger partial charge on any atom is -0.463 e. The van der Waals surface area contributed by atoms with E-state index in [4.69, 9.17) is 4.42 Å². The maximum atomic E-state index is 5.87. The van der Waals surface area contributed by atoms with Crippen molar-refractivity contribution in [2.24, 2.45) is 4.99 Å². The second kappa shape index (κ2) is 5.97. The van der Waals surface area contributed by atoms with Crippen LogP contribution in [0.1, 0.15) is 11.3 Å². The van der Waals surface area contributed by atoms with E-state index in [2.05, 4.69) is 52.5 Å².